The largest absolute Gasteiger partial charge is 0.464 e. The Morgan fingerprint density at radius 2 is 2.31 bits per heavy atom. The number of carboxylic acid groups (broad SMARTS) is 1. The van der Waals surface area contributed by atoms with Crippen molar-refractivity contribution in [1.29, 1.82) is 0 Å². The van der Waals surface area contributed by atoms with Gasteiger partial charge < -0.3 is 9.84 Å². The molecule has 0 heterocycles. The van der Waals surface area contributed by atoms with Crippen LogP contribution >= 0.6 is 0 Å². The first-order valence-corrected chi connectivity index (χ1v) is 4.44. The second kappa shape index (κ2) is 4.43. The third-order valence-electron chi connectivity index (χ3n) is 2.55. The van der Waals surface area contributed by atoms with E-state index in [-0.39, 0.29) is 12.1 Å². The average Bonchev–Trinajstić information content (AvgIpc) is 2.16. The van der Waals surface area contributed by atoms with Crippen LogP contribution < -0.4 is 5.84 Å². The maximum Gasteiger partial charge on any atom is 0.421 e. The van der Waals surface area contributed by atoms with Crippen LogP contribution in [-0.4, -0.2) is 35.5 Å². The Labute approximate surface area is 77.4 Å². The molecule has 2 atom stereocenters. The number of rotatable bonds is 2. The predicted octanol–water partition coefficient (Wildman–Crippen LogP) is 0.798. The zero-order chi connectivity index (χ0) is 9.84. The van der Waals surface area contributed by atoms with E-state index >= 15 is 0 Å². The predicted molar refractivity (Wildman–Crippen MR) is 47.1 cm³/mol. The number of hydrogen-bond donors (Lipinski definition) is 2. The molecule has 13 heavy (non-hydrogen) atoms. The third kappa shape index (κ3) is 2.57. The SMILES string of the molecule is CO[C@H]1CCC[C@@H](N(N)C(=O)O)C1. The zero-order valence-electron chi connectivity index (χ0n) is 7.77. The molecule has 0 bridgehead atoms. The van der Waals surface area contributed by atoms with Gasteiger partial charge in [-0.25, -0.2) is 15.6 Å². The van der Waals surface area contributed by atoms with E-state index in [0.717, 1.165) is 24.3 Å². The monoisotopic (exact) mass is 188 g/mol. The van der Waals surface area contributed by atoms with Crippen LogP contribution in [0.5, 0.6) is 0 Å². The van der Waals surface area contributed by atoms with Crippen molar-refractivity contribution < 1.29 is 14.6 Å². The van der Waals surface area contributed by atoms with Gasteiger partial charge in [-0.1, -0.05) is 0 Å². The summed E-state index contributed by atoms with van der Waals surface area (Å²) in [6.45, 7) is 0. The summed E-state index contributed by atoms with van der Waals surface area (Å²) >= 11 is 0. The number of nitrogens with zero attached hydrogens (tertiary/aromatic N) is 1. The fourth-order valence-electron chi connectivity index (χ4n) is 1.74. The van der Waals surface area contributed by atoms with E-state index in [2.05, 4.69) is 0 Å². The molecule has 3 N–H and O–H groups in total. The van der Waals surface area contributed by atoms with Crippen molar-refractivity contribution in [3.8, 4) is 0 Å². The average molecular weight is 188 g/mol. The summed E-state index contributed by atoms with van der Waals surface area (Å²) in [5.74, 6) is 5.39. The van der Waals surface area contributed by atoms with Gasteiger partial charge in [0, 0.05) is 7.11 Å². The number of nitrogens with two attached hydrogens (primary N) is 1. The van der Waals surface area contributed by atoms with Gasteiger partial charge in [0.1, 0.15) is 0 Å². The van der Waals surface area contributed by atoms with Crippen molar-refractivity contribution in [3.05, 3.63) is 0 Å². The molecular formula is C8H16N2O3. The summed E-state index contributed by atoms with van der Waals surface area (Å²) in [5, 5.41) is 9.55. The first kappa shape index (κ1) is 10.3. The second-order valence-electron chi connectivity index (χ2n) is 3.37. The second-order valence-corrected chi connectivity index (χ2v) is 3.37. The third-order valence-corrected chi connectivity index (χ3v) is 2.55. The maximum atomic E-state index is 10.6. The van der Waals surface area contributed by atoms with Crippen LogP contribution in [0.25, 0.3) is 0 Å². The number of amides is 1. The highest BCUT2D eigenvalue weighted by molar-refractivity contribution is 5.64. The number of methoxy groups -OCH3 is 1. The normalized spacial score (nSPS) is 28.5. The first-order chi connectivity index (χ1) is 6.15. The van der Waals surface area contributed by atoms with E-state index in [1.165, 1.54) is 0 Å². The van der Waals surface area contributed by atoms with Gasteiger partial charge in [-0.2, -0.15) is 0 Å². The topological polar surface area (TPSA) is 75.8 Å². The number of hydrazine groups is 1. The molecule has 0 spiro atoms. The molecule has 1 aliphatic carbocycles. The number of hydrogen-bond acceptors (Lipinski definition) is 3. The van der Waals surface area contributed by atoms with Gasteiger partial charge in [0.05, 0.1) is 12.1 Å². The van der Waals surface area contributed by atoms with Crippen molar-refractivity contribution in [3.63, 3.8) is 0 Å². The standard InChI is InChI=1S/C8H16N2O3/c1-13-7-4-2-3-6(5-7)10(9)8(11)12/h6-7H,2-5,9H2,1H3,(H,11,12)/t6-,7+/m1/s1. The molecular weight excluding hydrogens is 172 g/mol. The zero-order valence-corrected chi connectivity index (χ0v) is 7.77. The first-order valence-electron chi connectivity index (χ1n) is 4.44. The lowest BCUT2D eigenvalue weighted by Crippen LogP contribution is -2.47. The highest BCUT2D eigenvalue weighted by Gasteiger charge is 2.27. The molecule has 0 aromatic heterocycles. The Balaban J connectivity index is 2.46. The van der Waals surface area contributed by atoms with Crippen molar-refractivity contribution >= 4 is 6.09 Å². The molecule has 1 amide bonds. The van der Waals surface area contributed by atoms with Crippen LogP contribution in [0.2, 0.25) is 0 Å². The van der Waals surface area contributed by atoms with E-state index in [4.69, 9.17) is 15.7 Å². The Morgan fingerprint density at radius 3 is 2.85 bits per heavy atom. The quantitative estimate of drug-likeness (QED) is 0.382. The summed E-state index contributed by atoms with van der Waals surface area (Å²) < 4.78 is 5.18. The highest BCUT2D eigenvalue weighted by Crippen LogP contribution is 2.23. The Hall–Kier alpha value is -0.810. The Bertz CT molecular complexity index is 186. The highest BCUT2D eigenvalue weighted by atomic mass is 16.5. The molecule has 0 aromatic carbocycles. The molecule has 0 saturated heterocycles. The molecule has 76 valence electrons. The van der Waals surface area contributed by atoms with Gasteiger partial charge in [-0.05, 0) is 25.7 Å². The van der Waals surface area contributed by atoms with Crippen molar-refractivity contribution in [1.82, 2.24) is 5.01 Å². The van der Waals surface area contributed by atoms with Gasteiger partial charge in [-0.3, -0.25) is 0 Å². The van der Waals surface area contributed by atoms with E-state index in [0.29, 0.717) is 6.42 Å². The number of carbonyl (C=O) groups is 1. The molecule has 5 nitrogen and oxygen atoms in total. The Morgan fingerprint density at radius 1 is 1.62 bits per heavy atom. The lowest BCUT2D eigenvalue weighted by molar-refractivity contribution is 0.0296. The van der Waals surface area contributed by atoms with Crippen LogP contribution in [0.3, 0.4) is 0 Å². The molecule has 1 saturated carbocycles. The molecule has 1 rings (SSSR count). The van der Waals surface area contributed by atoms with Gasteiger partial charge >= 0.3 is 6.09 Å². The minimum Gasteiger partial charge on any atom is -0.464 e. The summed E-state index contributed by atoms with van der Waals surface area (Å²) in [6.07, 6.45) is 2.61. The maximum absolute atomic E-state index is 10.6. The lowest BCUT2D eigenvalue weighted by atomic mass is 9.92. The summed E-state index contributed by atoms with van der Waals surface area (Å²) in [6, 6.07) is -0.0869. The van der Waals surface area contributed by atoms with Gasteiger partial charge in [0.15, 0.2) is 0 Å². The smallest absolute Gasteiger partial charge is 0.421 e. The van der Waals surface area contributed by atoms with E-state index < -0.39 is 6.09 Å². The van der Waals surface area contributed by atoms with E-state index in [1.807, 2.05) is 0 Å². The summed E-state index contributed by atoms with van der Waals surface area (Å²) in [7, 11) is 1.65. The fourth-order valence-corrected chi connectivity index (χ4v) is 1.74. The fraction of sp³-hybridized carbons (Fsp3) is 0.875. The van der Waals surface area contributed by atoms with Crippen LogP contribution in [-0.2, 0) is 4.74 Å². The molecule has 0 unspecified atom stereocenters. The van der Waals surface area contributed by atoms with E-state index in [9.17, 15) is 4.79 Å². The van der Waals surface area contributed by atoms with Crippen molar-refractivity contribution in [2.24, 2.45) is 5.84 Å². The number of ether oxygens (including phenoxy) is 1. The van der Waals surface area contributed by atoms with Crippen LogP contribution in [0, 0.1) is 0 Å². The molecule has 0 aliphatic heterocycles. The molecule has 0 radical (unpaired) electrons. The molecule has 5 heteroatoms. The molecule has 0 aromatic rings. The Kier molecular flexibility index (Phi) is 3.50. The lowest BCUT2D eigenvalue weighted by Gasteiger charge is -2.32. The summed E-state index contributed by atoms with van der Waals surface area (Å²) in [5.41, 5.74) is 0. The van der Waals surface area contributed by atoms with Crippen molar-refractivity contribution in [2.75, 3.05) is 7.11 Å². The van der Waals surface area contributed by atoms with Crippen molar-refractivity contribution in [2.45, 2.75) is 37.8 Å². The van der Waals surface area contributed by atoms with Gasteiger partial charge in [-0.15, -0.1) is 0 Å². The minimum absolute atomic E-state index is 0.0869. The van der Waals surface area contributed by atoms with Crippen LogP contribution in [0.1, 0.15) is 25.7 Å². The summed E-state index contributed by atoms with van der Waals surface area (Å²) in [4.78, 5) is 10.6. The van der Waals surface area contributed by atoms with Gasteiger partial charge in [0.2, 0.25) is 0 Å². The molecule has 1 fully saturated rings. The minimum atomic E-state index is -1.07. The molecule has 1 aliphatic rings. The van der Waals surface area contributed by atoms with Crippen LogP contribution in [0.15, 0.2) is 0 Å². The van der Waals surface area contributed by atoms with Crippen LogP contribution in [0.4, 0.5) is 4.79 Å². The van der Waals surface area contributed by atoms with Gasteiger partial charge in [0.25, 0.3) is 0 Å². The van der Waals surface area contributed by atoms with E-state index in [1.54, 1.807) is 7.11 Å².